The van der Waals surface area contributed by atoms with Crippen molar-refractivity contribution in [2.75, 3.05) is 31.4 Å². The summed E-state index contributed by atoms with van der Waals surface area (Å²) in [4.78, 5) is 12.0. The Kier molecular flexibility index (Phi) is 6.20. The molecule has 0 saturated heterocycles. The minimum absolute atomic E-state index is 0.125. The van der Waals surface area contributed by atoms with Gasteiger partial charge in [0.25, 0.3) is 0 Å². The van der Waals surface area contributed by atoms with E-state index < -0.39 is 22.7 Å². The molecule has 0 unspecified atom stereocenters. The standard InChI is InChI=1S/C17H16ClF3N2O3/c1-25-12-5-11(6-13(8-12)26-2)23-16(24)9-22-10-3-4-15(18)14(7-10)17(19,20)21/h3-8,22H,9H2,1-2H3,(H,23,24). The van der Waals surface area contributed by atoms with Crippen LogP contribution in [0.25, 0.3) is 0 Å². The molecule has 2 N–H and O–H groups in total. The van der Waals surface area contributed by atoms with Crippen LogP contribution < -0.4 is 20.1 Å². The van der Waals surface area contributed by atoms with Crippen molar-refractivity contribution in [1.29, 1.82) is 0 Å². The molecule has 140 valence electrons. The van der Waals surface area contributed by atoms with Crippen LogP contribution in [0.4, 0.5) is 24.5 Å². The number of anilines is 2. The lowest BCUT2D eigenvalue weighted by atomic mass is 10.2. The van der Waals surface area contributed by atoms with Gasteiger partial charge < -0.3 is 20.1 Å². The molecule has 0 heterocycles. The second kappa shape index (κ2) is 8.18. The van der Waals surface area contributed by atoms with Crippen LogP contribution in [-0.4, -0.2) is 26.7 Å². The molecular formula is C17H16ClF3N2O3. The first kappa shape index (κ1) is 19.7. The Bertz CT molecular complexity index is 775. The molecule has 0 aliphatic heterocycles. The Balaban J connectivity index is 2.03. The van der Waals surface area contributed by atoms with Crippen molar-refractivity contribution in [1.82, 2.24) is 0 Å². The lowest BCUT2D eigenvalue weighted by molar-refractivity contribution is -0.137. The highest BCUT2D eigenvalue weighted by Gasteiger charge is 2.33. The van der Waals surface area contributed by atoms with Gasteiger partial charge >= 0.3 is 6.18 Å². The van der Waals surface area contributed by atoms with E-state index in [0.29, 0.717) is 17.2 Å². The second-order valence-electron chi connectivity index (χ2n) is 5.20. The summed E-state index contributed by atoms with van der Waals surface area (Å²) in [5, 5.41) is 4.83. The largest absolute Gasteiger partial charge is 0.497 e. The number of ether oxygens (including phenoxy) is 2. The molecule has 0 aromatic heterocycles. The minimum atomic E-state index is -4.58. The van der Waals surface area contributed by atoms with E-state index in [4.69, 9.17) is 21.1 Å². The molecule has 2 rings (SSSR count). The van der Waals surface area contributed by atoms with E-state index in [0.717, 1.165) is 12.1 Å². The van der Waals surface area contributed by atoms with Crippen molar-refractivity contribution < 1.29 is 27.4 Å². The van der Waals surface area contributed by atoms with Gasteiger partial charge in [-0.2, -0.15) is 13.2 Å². The average molecular weight is 389 g/mol. The zero-order valence-corrected chi connectivity index (χ0v) is 14.7. The van der Waals surface area contributed by atoms with E-state index >= 15 is 0 Å². The van der Waals surface area contributed by atoms with E-state index in [-0.39, 0.29) is 12.2 Å². The molecule has 2 aromatic carbocycles. The molecule has 0 atom stereocenters. The summed E-state index contributed by atoms with van der Waals surface area (Å²) in [7, 11) is 2.95. The first-order chi connectivity index (χ1) is 12.2. The zero-order chi connectivity index (χ0) is 19.3. The molecule has 9 heteroatoms. The maximum atomic E-state index is 12.8. The lowest BCUT2D eigenvalue weighted by Gasteiger charge is -2.13. The molecule has 1 amide bonds. The Morgan fingerprint density at radius 3 is 2.19 bits per heavy atom. The first-order valence-electron chi connectivity index (χ1n) is 7.36. The number of alkyl halides is 3. The highest BCUT2D eigenvalue weighted by Crippen LogP contribution is 2.36. The van der Waals surface area contributed by atoms with Gasteiger partial charge in [-0.15, -0.1) is 0 Å². The number of rotatable bonds is 6. The molecule has 0 aliphatic rings. The highest BCUT2D eigenvalue weighted by atomic mass is 35.5. The second-order valence-corrected chi connectivity index (χ2v) is 5.60. The summed E-state index contributed by atoms with van der Waals surface area (Å²) in [6.45, 7) is -0.238. The monoisotopic (exact) mass is 388 g/mol. The van der Waals surface area contributed by atoms with Crippen molar-refractivity contribution in [2.24, 2.45) is 0 Å². The number of carbonyl (C=O) groups excluding carboxylic acids is 1. The topological polar surface area (TPSA) is 59.6 Å². The summed E-state index contributed by atoms with van der Waals surface area (Å²) >= 11 is 5.56. The molecule has 26 heavy (non-hydrogen) atoms. The number of hydrogen-bond donors (Lipinski definition) is 2. The van der Waals surface area contributed by atoms with Crippen molar-refractivity contribution in [3.05, 3.63) is 47.0 Å². The third kappa shape index (κ3) is 5.19. The van der Waals surface area contributed by atoms with E-state index in [1.807, 2.05) is 0 Å². The first-order valence-corrected chi connectivity index (χ1v) is 7.74. The van der Waals surface area contributed by atoms with Gasteiger partial charge in [0, 0.05) is 29.6 Å². The summed E-state index contributed by atoms with van der Waals surface area (Å²) in [6.07, 6.45) is -4.58. The van der Waals surface area contributed by atoms with Crippen molar-refractivity contribution in [2.45, 2.75) is 6.18 Å². The predicted octanol–water partition coefficient (Wildman–Crippen LogP) is 4.43. The molecule has 0 aliphatic carbocycles. The van der Waals surface area contributed by atoms with E-state index in [1.165, 1.54) is 20.3 Å². The Hall–Kier alpha value is -2.61. The molecule has 2 aromatic rings. The van der Waals surface area contributed by atoms with Crippen LogP contribution in [0, 0.1) is 0 Å². The van der Waals surface area contributed by atoms with Gasteiger partial charge in [0.1, 0.15) is 11.5 Å². The molecule has 0 spiro atoms. The maximum absolute atomic E-state index is 12.8. The number of amides is 1. The number of nitrogens with one attached hydrogen (secondary N) is 2. The average Bonchev–Trinajstić information content (AvgIpc) is 2.59. The van der Waals surface area contributed by atoms with Gasteiger partial charge in [-0.3, -0.25) is 4.79 Å². The quantitative estimate of drug-likeness (QED) is 0.768. The van der Waals surface area contributed by atoms with Crippen LogP contribution in [0.5, 0.6) is 11.5 Å². The van der Waals surface area contributed by atoms with Crippen LogP contribution in [0.3, 0.4) is 0 Å². The predicted molar refractivity (Wildman–Crippen MR) is 93.1 cm³/mol. The molecule has 0 radical (unpaired) electrons. The van der Waals surface area contributed by atoms with E-state index in [2.05, 4.69) is 10.6 Å². The van der Waals surface area contributed by atoms with Gasteiger partial charge in [-0.05, 0) is 18.2 Å². The number of carbonyl (C=O) groups is 1. The van der Waals surface area contributed by atoms with Crippen LogP contribution in [0.2, 0.25) is 5.02 Å². The fraction of sp³-hybridized carbons (Fsp3) is 0.235. The fourth-order valence-corrected chi connectivity index (χ4v) is 2.34. The number of hydrogen-bond acceptors (Lipinski definition) is 4. The van der Waals surface area contributed by atoms with Gasteiger partial charge in [-0.1, -0.05) is 11.6 Å². The number of methoxy groups -OCH3 is 2. The minimum Gasteiger partial charge on any atom is -0.497 e. The Morgan fingerprint density at radius 1 is 1.04 bits per heavy atom. The third-order valence-corrected chi connectivity index (χ3v) is 3.69. The third-order valence-electron chi connectivity index (χ3n) is 3.36. The summed E-state index contributed by atoms with van der Waals surface area (Å²) in [5.74, 6) is 0.518. The van der Waals surface area contributed by atoms with Crippen molar-refractivity contribution in [3.8, 4) is 11.5 Å². The van der Waals surface area contributed by atoms with Crippen LogP contribution in [0.1, 0.15) is 5.56 Å². The lowest BCUT2D eigenvalue weighted by Crippen LogP contribution is -2.22. The summed E-state index contributed by atoms with van der Waals surface area (Å²) < 4.78 is 48.7. The van der Waals surface area contributed by atoms with Crippen LogP contribution >= 0.6 is 11.6 Å². The summed E-state index contributed by atoms with van der Waals surface area (Å²) in [6, 6.07) is 8.15. The van der Waals surface area contributed by atoms with E-state index in [9.17, 15) is 18.0 Å². The summed E-state index contributed by atoms with van der Waals surface area (Å²) in [5.41, 5.74) is -0.415. The maximum Gasteiger partial charge on any atom is 0.417 e. The number of halogens is 4. The smallest absolute Gasteiger partial charge is 0.417 e. The highest BCUT2D eigenvalue weighted by molar-refractivity contribution is 6.31. The molecule has 0 saturated carbocycles. The molecule has 0 bridgehead atoms. The van der Waals surface area contributed by atoms with Crippen molar-refractivity contribution in [3.63, 3.8) is 0 Å². The van der Waals surface area contributed by atoms with Crippen LogP contribution in [-0.2, 0) is 11.0 Å². The fourth-order valence-electron chi connectivity index (χ4n) is 2.12. The van der Waals surface area contributed by atoms with Gasteiger partial charge in [-0.25, -0.2) is 0 Å². The van der Waals surface area contributed by atoms with Gasteiger partial charge in [0.2, 0.25) is 5.91 Å². The van der Waals surface area contributed by atoms with Crippen molar-refractivity contribution >= 4 is 28.9 Å². The van der Waals surface area contributed by atoms with Crippen LogP contribution in [0.15, 0.2) is 36.4 Å². The van der Waals surface area contributed by atoms with Gasteiger partial charge in [0.05, 0.1) is 31.4 Å². The van der Waals surface area contributed by atoms with Gasteiger partial charge in [0.15, 0.2) is 0 Å². The molecule has 5 nitrogen and oxygen atoms in total. The SMILES string of the molecule is COc1cc(NC(=O)CNc2ccc(Cl)c(C(F)(F)F)c2)cc(OC)c1. The normalized spacial score (nSPS) is 11.0. The zero-order valence-electron chi connectivity index (χ0n) is 13.9. The van der Waals surface area contributed by atoms with E-state index in [1.54, 1.807) is 18.2 Å². The Labute approximate surface area is 153 Å². The number of benzene rings is 2. The molecule has 0 fully saturated rings. The Morgan fingerprint density at radius 2 is 1.65 bits per heavy atom. The molecular weight excluding hydrogens is 373 g/mol.